The van der Waals surface area contributed by atoms with Gasteiger partial charge >= 0.3 is 0 Å². The maximum Gasteiger partial charge on any atom is 0.213 e. The Morgan fingerprint density at radius 3 is 3.14 bits per heavy atom. The predicted octanol–water partition coefficient (Wildman–Crippen LogP) is 2.23. The molecule has 1 aromatic rings. The first-order chi connectivity index (χ1) is 6.83. The fourth-order valence-electron chi connectivity index (χ4n) is 1.83. The van der Waals surface area contributed by atoms with E-state index < -0.39 is 0 Å². The van der Waals surface area contributed by atoms with Gasteiger partial charge in [0.25, 0.3) is 0 Å². The van der Waals surface area contributed by atoms with E-state index in [1.54, 1.807) is 7.11 Å². The Kier molecular flexibility index (Phi) is 2.57. The summed E-state index contributed by atoms with van der Waals surface area (Å²) in [6, 6.07) is 4.57. The van der Waals surface area contributed by atoms with Crippen molar-refractivity contribution in [2.24, 2.45) is 0 Å². The first-order valence-electron chi connectivity index (χ1n) is 5.14. The van der Waals surface area contributed by atoms with Gasteiger partial charge in [0.2, 0.25) is 5.88 Å². The Bertz CT molecular complexity index is 325. The number of nitrogens with one attached hydrogen (secondary N) is 1. The van der Waals surface area contributed by atoms with Gasteiger partial charge in [0.1, 0.15) is 0 Å². The molecular weight excluding hydrogens is 176 g/mol. The van der Waals surface area contributed by atoms with Gasteiger partial charge in [-0.05, 0) is 25.3 Å². The molecule has 1 aliphatic heterocycles. The van der Waals surface area contributed by atoms with Crippen LogP contribution >= 0.6 is 0 Å². The number of hydrogen-bond acceptors (Lipinski definition) is 3. The van der Waals surface area contributed by atoms with Crippen molar-refractivity contribution in [1.29, 1.82) is 0 Å². The minimum Gasteiger partial charge on any atom is -0.481 e. The molecule has 0 saturated heterocycles. The highest BCUT2D eigenvalue weighted by molar-refractivity contribution is 5.51. The van der Waals surface area contributed by atoms with Crippen LogP contribution < -0.4 is 10.1 Å². The Balaban J connectivity index is 2.23. The van der Waals surface area contributed by atoms with Crippen LogP contribution in [0.2, 0.25) is 0 Å². The fourth-order valence-corrected chi connectivity index (χ4v) is 1.83. The molecule has 3 heteroatoms. The van der Waals surface area contributed by atoms with E-state index in [9.17, 15) is 0 Å². The molecule has 1 unspecified atom stereocenters. The minimum absolute atomic E-state index is 0.609. The molecule has 0 radical (unpaired) electrons. The average molecular weight is 192 g/mol. The molecule has 0 bridgehead atoms. The number of hydrogen-bond donors (Lipinski definition) is 1. The lowest BCUT2D eigenvalue weighted by Gasteiger charge is -2.25. The summed E-state index contributed by atoms with van der Waals surface area (Å²) < 4.78 is 5.09. The molecule has 1 aromatic heterocycles. The summed E-state index contributed by atoms with van der Waals surface area (Å²) in [5.74, 6) is 0.709. The highest BCUT2D eigenvalue weighted by Gasteiger charge is 2.17. The molecule has 0 spiro atoms. The first-order valence-corrected chi connectivity index (χ1v) is 5.14. The van der Waals surface area contributed by atoms with Crippen molar-refractivity contribution in [3.05, 3.63) is 17.8 Å². The molecule has 2 rings (SSSR count). The lowest BCUT2D eigenvalue weighted by atomic mass is 10.0. The molecular formula is C11H16N2O. The van der Waals surface area contributed by atoms with E-state index in [2.05, 4.69) is 23.3 Å². The van der Waals surface area contributed by atoms with Gasteiger partial charge in [-0.3, -0.25) is 0 Å². The largest absolute Gasteiger partial charge is 0.481 e. The zero-order valence-electron chi connectivity index (χ0n) is 8.71. The molecule has 0 aromatic carbocycles. The summed E-state index contributed by atoms with van der Waals surface area (Å²) in [6.07, 6.45) is 3.40. The van der Waals surface area contributed by atoms with Crippen molar-refractivity contribution in [1.82, 2.24) is 4.98 Å². The number of pyridine rings is 1. The zero-order valence-corrected chi connectivity index (χ0v) is 8.71. The second kappa shape index (κ2) is 3.86. The van der Waals surface area contributed by atoms with Crippen LogP contribution in [0.1, 0.15) is 25.5 Å². The molecule has 0 fully saturated rings. The zero-order chi connectivity index (χ0) is 9.97. The summed E-state index contributed by atoms with van der Waals surface area (Å²) >= 11 is 0. The van der Waals surface area contributed by atoms with Crippen LogP contribution in [-0.4, -0.2) is 18.1 Å². The number of nitrogens with zero attached hydrogens (tertiary/aromatic N) is 1. The molecule has 1 aliphatic rings. The van der Waals surface area contributed by atoms with Crippen LogP contribution in [0.3, 0.4) is 0 Å². The Labute approximate surface area is 84.5 Å². The van der Waals surface area contributed by atoms with Crippen LogP contribution in [-0.2, 0) is 6.42 Å². The van der Waals surface area contributed by atoms with Crippen LogP contribution in [0.15, 0.2) is 12.1 Å². The minimum atomic E-state index is 0.609. The van der Waals surface area contributed by atoms with Gasteiger partial charge in [0.05, 0.1) is 18.5 Å². The van der Waals surface area contributed by atoms with E-state index in [0.29, 0.717) is 11.9 Å². The van der Waals surface area contributed by atoms with Gasteiger partial charge < -0.3 is 10.1 Å². The van der Waals surface area contributed by atoms with Gasteiger partial charge in [0.15, 0.2) is 0 Å². The number of ether oxygens (including phenoxy) is 1. The number of aryl methyl sites for hydroxylation is 1. The smallest absolute Gasteiger partial charge is 0.213 e. The van der Waals surface area contributed by atoms with Crippen molar-refractivity contribution >= 4 is 5.69 Å². The highest BCUT2D eigenvalue weighted by atomic mass is 16.5. The Morgan fingerprint density at radius 2 is 2.43 bits per heavy atom. The molecule has 1 atom stereocenters. The van der Waals surface area contributed by atoms with E-state index in [-0.39, 0.29) is 0 Å². The summed E-state index contributed by atoms with van der Waals surface area (Å²) in [5, 5.41) is 3.48. The Hall–Kier alpha value is -1.25. The van der Waals surface area contributed by atoms with Crippen molar-refractivity contribution in [2.75, 3.05) is 12.4 Å². The number of fused-ring (bicyclic) bond motifs is 1. The maximum atomic E-state index is 5.09. The van der Waals surface area contributed by atoms with Crippen LogP contribution in [0.4, 0.5) is 5.69 Å². The first kappa shape index (κ1) is 9.31. The van der Waals surface area contributed by atoms with Gasteiger partial charge in [-0.15, -0.1) is 0 Å². The second-order valence-electron chi connectivity index (χ2n) is 3.64. The molecule has 2 heterocycles. The summed E-state index contributed by atoms with van der Waals surface area (Å²) in [6.45, 7) is 2.21. The molecule has 76 valence electrons. The molecule has 1 N–H and O–H groups in total. The summed E-state index contributed by atoms with van der Waals surface area (Å²) in [4.78, 5) is 4.42. The van der Waals surface area contributed by atoms with Crippen LogP contribution in [0.5, 0.6) is 5.88 Å². The number of methoxy groups -OCH3 is 1. The topological polar surface area (TPSA) is 34.1 Å². The third kappa shape index (κ3) is 1.67. The van der Waals surface area contributed by atoms with Gasteiger partial charge in [-0.1, -0.05) is 6.92 Å². The van der Waals surface area contributed by atoms with E-state index in [4.69, 9.17) is 4.74 Å². The average Bonchev–Trinajstić information content (AvgIpc) is 2.27. The number of rotatable bonds is 2. The monoisotopic (exact) mass is 192 g/mol. The van der Waals surface area contributed by atoms with Crippen LogP contribution in [0.25, 0.3) is 0 Å². The molecule has 14 heavy (non-hydrogen) atoms. The lowest BCUT2D eigenvalue weighted by Crippen LogP contribution is -2.25. The second-order valence-corrected chi connectivity index (χ2v) is 3.64. The third-order valence-corrected chi connectivity index (χ3v) is 2.74. The third-order valence-electron chi connectivity index (χ3n) is 2.74. The van der Waals surface area contributed by atoms with Crippen molar-refractivity contribution in [2.45, 2.75) is 32.2 Å². The maximum absolute atomic E-state index is 5.09. The van der Waals surface area contributed by atoms with Gasteiger partial charge in [-0.2, -0.15) is 0 Å². The quantitative estimate of drug-likeness (QED) is 0.780. The molecule has 0 saturated carbocycles. The van der Waals surface area contributed by atoms with Crippen LogP contribution in [0, 0.1) is 0 Å². The van der Waals surface area contributed by atoms with Gasteiger partial charge in [-0.25, -0.2) is 4.98 Å². The normalized spacial score (nSPS) is 19.7. The molecule has 3 nitrogen and oxygen atoms in total. The van der Waals surface area contributed by atoms with Crippen molar-refractivity contribution in [3.8, 4) is 5.88 Å². The highest BCUT2D eigenvalue weighted by Crippen LogP contribution is 2.26. The van der Waals surface area contributed by atoms with Crippen molar-refractivity contribution in [3.63, 3.8) is 0 Å². The van der Waals surface area contributed by atoms with E-state index in [1.165, 1.54) is 18.5 Å². The number of anilines is 1. The standard InChI is InChI=1S/C11H16N2O/c1-3-8-4-5-10-9(12-8)6-7-11(13-10)14-2/h6-8,12H,3-5H2,1-2H3. The van der Waals surface area contributed by atoms with E-state index >= 15 is 0 Å². The Morgan fingerprint density at radius 1 is 1.57 bits per heavy atom. The number of aromatic nitrogens is 1. The molecule has 0 aliphatic carbocycles. The predicted molar refractivity (Wildman–Crippen MR) is 56.8 cm³/mol. The summed E-state index contributed by atoms with van der Waals surface area (Å²) in [5.41, 5.74) is 2.30. The van der Waals surface area contributed by atoms with E-state index in [1.807, 2.05) is 6.07 Å². The molecule has 0 amide bonds. The summed E-state index contributed by atoms with van der Waals surface area (Å²) in [7, 11) is 1.65. The van der Waals surface area contributed by atoms with E-state index in [0.717, 1.165) is 12.1 Å². The fraction of sp³-hybridized carbons (Fsp3) is 0.545. The lowest BCUT2D eigenvalue weighted by molar-refractivity contribution is 0.395. The SMILES string of the molecule is CCC1CCc2nc(OC)ccc2N1. The van der Waals surface area contributed by atoms with Crippen molar-refractivity contribution < 1.29 is 4.74 Å². The van der Waals surface area contributed by atoms with Gasteiger partial charge in [0, 0.05) is 12.1 Å².